The second kappa shape index (κ2) is 14.6. The van der Waals surface area contributed by atoms with Crippen molar-refractivity contribution in [3.8, 4) is 11.8 Å². The van der Waals surface area contributed by atoms with E-state index >= 15 is 4.39 Å². The number of aliphatic imine (C=N–C) groups is 1. The number of halogens is 3. The van der Waals surface area contributed by atoms with Crippen LogP contribution >= 0.6 is 0 Å². The van der Waals surface area contributed by atoms with Crippen LogP contribution in [0, 0.1) is 5.82 Å². The highest BCUT2D eigenvalue weighted by molar-refractivity contribution is 6.50. The molecular weight excluding hydrogens is 655 g/mol. The van der Waals surface area contributed by atoms with Gasteiger partial charge in [-0.1, -0.05) is 32.4 Å². The smallest absolute Gasteiger partial charge is 0.319 e. The molecule has 1 aromatic heterocycles. The lowest BCUT2D eigenvalue weighted by atomic mass is 9.82. The highest BCUT2D eigenvalue weighted by atomic mass is 19.3. The molecular formula is C40H50F3N5O3. The van der Waals surface area contributed by atoms with Gasteiger partial charge >= 0.3 is 6.01 Å². The van der Waals surface area contributed by atoms with E-state index in [2.05, 4.69) is 18.9 Å². The molecule has 2 unspecified atom stereocenters. The third kappa shape index (κ3) is 6.99. The maximum Gasteiger partial charge on any atom is 0.319 e. The number of nitrogens with zero attached hydrogens (tertiary/aromatic N) is 5. The van der Waals surface area contributed by atoms with Crippen LogP contribution in [0.5, 0.6) is 11.8 Å². The Morgan fingerprint density at radius 1 is 1.12 bits per heavy atom. The molecule has 2 aromatic carbocycles. The maximum absolute atomic E-state index is 15.4. The first-order chi connectivity index (χ1) is 24.3. The zero-order valence-electron chi connectivity index (χ0n) is 30.6. The van der Waals surface area contributed by atoms with E-state index in [1.807, 2.05) is 39.8 Å². The molecule has 0 spiro atoms. The third-order valence-corrected chi connectivity index (χ3v) is 10.7. The number of likely N-dealkylation sites (N-methyl/N-ethyl adjacent to an activating group) is 1. The number of aliphatic hydroxyl groups is 1. The number of aromatic nitrogens is 2. The Morgan fingerprint density at radius 2 is 1.90 bits per heavy atom. The summed E-state index contributed by atoms with van der Waals surface area (Å²) in [5, 5.41) is 22.7. The number of fused-ring (bicyclic) bond motifs is 2. The minimum atomic E-state index is -3.23. The summed E-state index contributed by atoms with van der Waals surface area (Å²) in [5.74, 6) is -3.10. The monoisotopic (exact) mass is 705 g/mol. The second-order valence-corrected chi connectivity index (χ2v) is 14.5. The molecule has 2 N–H and O–H groups in total. The molecule has 2 atom stereocenters. The van der Waals surface area contributed by atoms with Crippen molar-refractivity contribution in [2.75, 3.05) is 38.2 Å². The van der Waals surface area contributed by atoms with E-state index in [0.717, 1.165) is 32.2 Å². The molecule has 0 amide bonds. The zero-order valence-corrected chi connectivity index (χ0v) is 30.6. The topological polar surface area (TPSA) is 94.3 Å². The van der Waals surface area contributed by atoms with Crippen LogP contribution in [0.15, 0.2) is 35.3 Å². The van der Waals surface area contributed by atoms with Crippen molar-refractivity contribution in [2.45, 2.75) is 103 Å². The van der Waals surface area contributed by atoms with Gasteiger partial charge in [-0.15, -0.1) is 0 Å². The van der Waals surface area contributed by atoms with Crippen molar-refractivity contribution < 1.29 is 28.1 Å². The lowest BCUT2D eigenvalue weighted by molar-refractivity contribution is -0.108. The number of aromatic hydroxyl groups is 1. The van der Waals surface area contributed by atoms with Crippen LogP contribution in [0.4, 0.5) is 19.0 Å². The highest BCUT2D eigenvalue weighted by Gasteiger charge is 2.43. The summed E-state index contributed by atoms with van der Waals surface area (Å²) in [4.78, 5) is 19.1. The Kier molecular flexibility index (Phi) is 10.5. The minimum Gasteiger partial charge on any atom is -0.508 e. The maximum atomic E-state index is 15.4. The summed E-state index contributed by atoms with van der Waals surface area (Å²) in [6.07, 6.45) is 5.78. The Labute approximate surface area is 298 Å². The average molecular weight is 706 g/mol. The van der Waals surface area contributed by atoms with Crippen LogP contribution in [0.25, 0.3) is 28.0 Å². The predicted octanol–water partition coefficient (Wildman–Crippen LogP) is 8.08. The van der Waals surface area contributed by atoms with E-state index < -0.39 is 18.4 Å². The van der Waals surface area contributed by atoms with Crippen molar-refractivity contribution in [1.29, 1.82) is 0 Å². The number of rotatable bonds is 9. The zero-order chi connectivity index (χ0) is 36.7. The molecule has 3 aromatic rings. The fourth-order valence-corrected chi connectivity index (χ4v) is 8.08. The number of likely N-dealkylation sites (tertiary alicyclic amines) is 1. The Morgan fingerprint density at radius 3 is 2.57 bits per heavy atom. The second-order valence-electron chi connectivity index (χ2n) is 14.5. The molecule has 6 rings (SSSR count). The van der Waals surface area contributed by atoms with Gasteiger partial charge in [-0.2, -0.15) is 9.97 Å². The fraction of sp³-hybridized carbons (Fsp3) is 0.525. The molecule has 2 saturated heterocycles. The summed E-state index contributed by atoms with van der Waals surface area (Å²) in [5.41, 5.74) is 4.05. The van der Waals surface area contributed by atoms with Crippen LogP contribution < -0.4 is 9.64 Å². The minimum absolute atomic E-state index is 0.0298. The lowest BCUT2D eigenvalue weighted by Crippen LogP contribution is -2.46. The quantitative estimate of drug-likeness (QED) is 0.233. The Hall–Kier alpha value is -3.96. The van der Waals surface area contributed by atoms with Gasteiger partial charge in [0, 0.05) is 36.7 Å². The van der Waals surface area contributed by atoms with Crippen molar-refractivity contribution in [2.24, 2.45) is 4.99 Å². The molecule has 2 fully saturated rings. The number of alkyl halides is 2. The largest absolute Gasteiger partial charge is 0.508 e. The van der Waals surface area contributed by atoms with Crippen molar-refractivity contribution in [3.05, 3.63) is 58.5 Å². The van der Waals surface area contributed by atoms with Gasteiger partial charge in [-0.25, -0.2) is 13.2 Å². The van der Waals surface area contributed by atoms with Crippen LogP contribution in [0.2, 0.25) is 0 Å². The van der Waals surface area contributed by atoms with Gasteiger partial charge in [-0.05, 0) is 113 Å². The molecule has 51 heavy (non-hydrogen) atoms. The lowest BCUT2D eigenvalue weighted by Gasteiger charge is -2.36. The number of benzene rings is 2. The predicted molar refractivity (Wildman–Crippen MR) is 198 cm³/mol. The van der Waals surface area contributed by atoms with E-state index in [-0.39, 0.29) is 48.7 Å². The van der Waals surface area contributed by atoms with Crippen LogP contribution in [-0.4, -0.2) is 87.7 Å². The van der Waals surface area contributed by atoms with E-state index in [9.17, 15) is 19.0 Å². The van der Waals surface area contributed by atoms with Gasteiger partial charge in [0.2, 0.25) is 0 Å². The number of ether oxygens (including phenoxy) is 1. The SMILES string of the molecule is C/C=C1\C(=NC(C)C)C(c2cc(O)cc3ccc(F)c(CC)c23)=Cc2nc(OCC3(CCC)CCCN3C)nc(N3CCC(O)C(F)(F)CC3)c21. The number of anilines is 1. The fourth-order valence-electron chi connectivity index (χ4n) is 8.08. The van der Waals surface area contributed by atoms with Gasteiger partial charge in [0.05, 0.1) is 22.5 Å². The van der Waals surface area contributed by atoms with E-state index in [4.69, 9.17) is 19.7 Å². The number of aliphatic hydroxyl groups excluding tert-OH is 1. The molecule has 0 saturated carbocycles. The van der Waals surface area contributed by atoms with Crippen LogP contribution in [0.1, 0.15) is 95.5 Å². The first kappa shape index (κ1) is 36.8. The molecule has 0 radical (unpaired) electrons. The van der Waals surface area contributed by atoms with Crippen LogP contribution in [-0.2, 0) is 6.42 Å². The van der Waals surface area contributed by atoms with Crippen molar-refractivity contribution in [1.82, 2.24) is 14.9 Å². The van der Waals surface area contributed by atoms with Gasteiger partial charge < -0.3 is 19.8 Å². The van der Waals surface area contributed by atoms with Gasteiger partial charge in [0.1, 0.15) is 30.1 Å². The van der Waals surface area contributed by atoms with Gasteiger partial charge in [-0.3, -0.25) is 9.89 Å². The standard InChI is InChI=1S/C40H50F3N5O3/c1-7-14-39(15-10-17-47(39)6)23-51-38-45-32-22-30(29-21-26(49)20-25-11-12-31(41)27(8-2)34(25)29)36(44-24(4)5)28(9-3)35(32)37(46-38)48-18-13-33(50)40(42,43)16-19-48/h9,11-12,20-22,24,33,49-50H,7-8,10,13-19,23H2,1-6H3/b28-9-,44-36?. The summed E-state index contributed by atoms with van der Waals surface area (Å²) >= 11 is 0. The first-order valence-electron chi connectivity index (χ1n) is 18.3. The van der Waals surface area contributed by atoms with E-state index in [0.29, 0.717) is 68.9 Å². The number of phenols is 1. The Balaban J connectivity index is 1.60. The molecule has 2 aliphatic heterocycles. The molecule has 11 heteroatoms. The molecule has 3 heterocycles. The number of allylic oxidation sites excluding steroid dienone is 3. The Bertz CT molecular complexity index is 1890. The number of aryl methyl sites for hydroxylation is 1. The summed E-state index contributed by atoms with van der Waals surface area (Å²) < 4.78 is 51.5. The molecule has 3 aliphatic rings. The van der Waals surface area contributed by atoms with Crippen molar-refractivity contribution in [3.63, 3.8) is 0 Å². The average Bonchev–Trinajstić information content (AvgIpc) is 3.38. The summed E-state index contributed by atoms with van der Waals surface area (Å²) in [7, 11) is 2.11. The third-order valence-electron chi connectivity index (χ3n) is 10.7. The van der Waals surface area contributed by atoms with Gasteiger partial charge in [0.15, 0.2) is 0 Å². The normalized spacial score (nSPS) is 24.0. The van der Waals surface area contributed by atoms with Crippen molar-refractivity contribution >= 4 is 39.5 Å². The van der Waals surface area contributed by atoms with E-state index in [1.54, 1.807) is 23.1 Å². The summed E-state index contributed by atoms with van der Waals surface area (Å²) in [6, 6.07) is 6.35. The van der Waals surface area contributed by atoms with E-state index in [1.165, 1.54) is 6.07 Å². The molecule has 1 aliphatic carbocycles. The summed E-state index contributed by atoms with van der Waals surface area (Å²) in [6.45, 7) is 11.3. The molecule has 274 valence electrons. The molecule has 8 nitrogen and oxygen atoms in total. The van der Waals surface area contributed by atoms with Gasteiger partial charge in [0.25, 0.3) is 5.92 Å². The molecule has 0 bridgehead atoms. The highest BCUT2D eigenvalue weighted by Crippen LogP contribution is 2.45. The number of hydrogen-bond donors (Lipinski definition) is 2. The van der Waals surface area contributed by atoms with Crippen LogP contribution in [0.3, 0.4) is 0 Å². The number of hydrogen-bond acceptors (Lipinski definition) is 8. The number of phenolic OH excluding ortho intramolecular Hbond substituents is 1. The first-order valence-corrected chi connectivity index (χ1v) is 18.3.